The van der Waals surface area contributed by atoms with E-state index in [1.165, 1.54) is 11.8 Å². The number of aliphatic imine (C=N–C) groups is 1. The molecule has 1 aliphatic heterocycles. The smallest absolute Gasteiger partial charge is 0.266 e. The lowest BCUT2D eigenvalue weighted by molar-refractivity contribution is -0.121. The fourth-order valence-electron chi connectivity index (χ4n) is 1.28. The summed E-state index contributed by atoms with van der Waals surface area (Å²) in [5, 5.41) is 2.74. The molecule has 0 saturated carbocycles. The van der Waals surface area contributed by atoms with Gasteiger partial charge in [0.05, 0.1) is 4.91 Å². The molecule has 16 heavy (non-hydrogen) atoms. The van der Waals surface area contributed by atoms with Crippen molar-refractivity contribution in [3.63, 3.8) is 0 Å². The lowest BCUT2D eigenvalue weighted by Crippen LogP contribution is -2.23. The van der Waals surface area contributed by atoms with Crippen LogP contribution in [0.2, 0.25) is 0 Å². The number of hydrogen-bond acceptors (Lipinski definition) is 4. The van der Waals surface area contributed by atoms with Gasteiger partial charge in [-0.05, 0) is 39.8 Å². The van der Waals surface area contributed by atoms with E-state index in [4.69, 9.17) is 0 Å². The number of carbonyl (C=O) groups excluding carboxylic acids is 1. The quantitative estimate of drug-likeness (QED) is 0.746. The van der Waals surface area contributed by atoms with E-state index >= 15 is 0 Å². The summed E-state index contributed by atoms with van der Waals surface area (Å²) in [6.07, 6.45) is 1.90. The van der Waals surface area contributed by atoms with E-state index in [1.807, 2.05) is 17.5 Å². The Balaban J connectivity index is 2.30. The molecule has 0 atom stereocenters. The molecule has 1 aliphatic rings. The summed E-state index contributed by atoms with van der Waals surface area (Å²) in [7, 11) is 3.43. The van der Waals surface area contributed by atoms with Crippen molar-refractivity contribution in [1.82, 2.24) is 4.90 Å². The SMILES string of the molecule is CN=C1S/C(=C\c2cc(Br)cs2)C(=O)N1C. The lowest BCUT2D eigenvalue weighted by Gasteiger charge is -2.04. The number of thioether (sulfide) groups is 1. The molecule has 0 bridgehead atoms. The number of carbonyl (C=O) groups is 1. The summed E-state index contributed by atoms with van der Waals surface area (Å²) in [6, 6.07) is 1.99. The number of thiophene rings is 1. The Kier molecular flexibility index (Phi) is 3.51. The first-order valence-corrected chi connectivity index (χ1v) is 6.99. The van der Waals surface area contributed by atoms with E-state index in [1.54, 1.807) is 30.3 Å². The number of amides is 1. The van der Waals surface area contributed by atoms with Gasteiger partial charge in [0.2, 0.25) is 0 Å². The van der Waals surface area contributed by atoms with Gasteiger partial charge in [-0.3, -0.25) is 14.7 Å². The zero-order valence-corrected chi connectivity index (χ0v) is 11.9. The Hall–Kier alpha value is -0.590. The fourth-order valence-corrected chi connectivity index (χ4v) is 3.65. The van der Waals surface area contributed by atoms with Crippen molar-refractivity contribution in [3.8, 4) is 0 Å². The zero-order valence-electron chi connectivity index (χ0n) is 8.73. The third kappa shape index (κ3) is 2.23. The zero-order chi connectivity index (χ0) is 11.7. The summed E-state index contributed by atoms with van der Waals surface area (Å²) in [6.45, 7) is 0. The van der Waals surface area contributed by atoms with Crippen molar-refractivity contribution in [2.75, 3.05) is 14.1 Å². The normalized spacial score (nSPS) is 21.4. The van der Waals surface area contributed by atoms with Crippen LogP contribution in [0.15, 0.2) is 25.8 Å². The average Bonchev–Trinajstić information content (AvgIpc) is 2.78. The summed E-state index contributed by atoms with van der Waals surface area (Å²) < 4.78 is 1.04. The van der Waals surface area contributed by atoms with Gasteiger partial charge in [0, 0.05) is 28.8 Å². The molecule has 0 spiro atoms. The topological polar surface area (TPSA) is 32.7 Å². The van der Waals surface area contributed by atoms with Crippen LogP contribution >= 0.6 is 39.0 Å². The molecule has 1 aromatic heterocycles. The molecule has 0 aromatic carbocycles. The van der Waals surface area contributed by atoms with Crippen LogP contribution in [0.5, 0.6) is 0 Å². The molecule has 1 amide bonds. The fraction of sp³-hybridized carbons (Fsp3) is 0.200. The number of likely N-dealkylation sites (N-methyl/N-ethyl adjacent to an activating group) is 1. The molecule has 2 heterocycles. The summed E-state index contributed by atoms with van der Waals surface area (Å²) in [5.74, 6) is 0.00937. The Morgan fingerprint density at radius 2 is 2.31 bits per heavy atom. The first kappa shape index (κ1) is 11.9. The van der Waals surface area contributed by atoms with E-state index in [-0.39, 0.29) is 5.91 Å². The highest BCUT2D eigenvalue weighted by Crippen LogP contribution is 2.32. The third-order valence-corrected chi connectivity index (χ3v) is 4.85. The highest BCUT2D eigenvalue weighted by molar-refractivity contribution is 9.10. The van der Waals surface area contributed by atoms with E-state index < -0.39 is 0 Å². The van der Waals surface area contributed by atoms with Crippen molar-refractivity contribution in [2.45, 2.75) is 0 Å². The Morgan fingerprint density at radius 3 is 2.81 bits per heavy atom. The predicted molar refractivity (Wildman–Crippen MR) is 73.7 cm³/mol. The van der Waals surface area contributed by atoms with Gasteiger partial charge in [-0.25, -0.2) is 0 Å². The van der Waals surface area contributed by atoms with Crippen molar-refractivity contribution in [1.29, 1.82) is 0 Å². The van der Waals surface area contributed by atoms with Gasteiger partial charge in [0.25, 0.3) is 5.91 Å². The molecule has 1 saturated heterocycles. The number of amidine groups is 1. The van der Waals surface area contributed by atoms with Gasteiger partial charge in [-0.1, -0.05) is 0 Å². The van der Waals surface area contributed by atoms with Gasteiger partial charge < -0.3 is 0 Å². The number of rotatable bonds is 1. The van der Waals surface area contributed by atoms with Gasteiger partial charge in [-0.2, -0.15) is 0 Å². The molecule has 0 aliphatic carbocycles. The van der Waals surface area contributed by atoms with E-state index in [2.05, 4.69) is 20.9 Å². The standard InChI is InChI=1S/C10H9BrN2OS2/c1-12-10-13(2)9(14)8(16-10)4-7-3-6(11)5-15-7/h3-5H,1-2H3/b8-4-,12-10?. The van der Waals surface area contributed by atoms with E-state index in [0.717, 1.165) is 19.4 Å². The van der Waals surface area contributed by atoms with Gasteiger partial charge in [0.15, 0.2) is 5.17 Å². The summed E-state index contributed by atoms with van der Waals surface area (Å²) in [4.78, 5) is 19.2. The minimum absolute atomic E-state index is 0.00937. The second-order valence-corrected chi connectivity index (χ2v) is 6.02. The Labute approximate surface area is 110 Å². The van der Waals surface area contributed by atoms with E-state index in [0.29, 0.717) is 0 Å². The van der Waals surface area contributed by atoms with Crippen LogP contribution in [0.3, 0.4) is 0 Å². The maximum Gasteiger partial charge on any atom is 0.266 e. The monoisotopic (exact) mass is 316 g/mol. The van der Waals surface area contributed by atoms with Crippen molar-refractivity contribution < 1.29 is 4.79 Å². The Bertz CT molecular complexity index is 493. The van der Waals surface area contributed by atoms with Crippen LogP contribution in [-0.2, 0) is 4.79 Å². The highest BCUT2D eigenvalue weighted by Gasteiger charge is 2.29. The summed E-state index contributed by atoms with van der Waals surface area (Å²) >= 11 is 6.40. The second kappa shape index (κ2) is 4.73. The second-order valence-electron chi connectivity index (χ2n) is 3.15. The molecule has 1 fully saturated rings. The molecular formula is C10H9BrN2OS2. The summed E-state index contributed by atoms with van der Waals surface area (Å²) in [5.41, 5.74) is 0. The molecule has 3 nitrogen and oxygen atoms in total. The van der Waals surface area contributed by atoms with Crippen LogP contribution in [0.25, 0.3) is 6.08 Å². The molecular weight excluding hydrogens is 308 g/mol. The average molecular weight is 317 g/mol. The van der Waals surface area contributed by atoms with Gasteiger partial charge >= 0.3 is 0 Å². The first-order valence-electron chi connectivity index (χ1n) is 4.50. The highest BCUT2D eigenvalue weighted by atomic mass is 79.9. The maximum atomic E-state index is 11.8. The van der Waals surface area contributed by atoms with Crippen LogP contribution in [0.4, 0.5) is 0 Å². The third-order valence-electron chi connectivity index (χ3n) is 2.06. The van der Waals surface area contributed by atoms with Gasteiger partial charge in [0.1, 0.15) is 0 Å². The largest absolute Gasteiger partial charge is 0.290 e. The van der Waals surface area contributed by atoms with Gasteiger partial charge in [-0.15, -0.1) is 11.3 Å². The van der Waals surface area contributed by atoms with Crippen molar-refractivity contribution in [2.24, 2.45) is 4.99 Å². The molecule has 1 aromatic rings. The number of nitrogens with zero attached hydrogens (tertiary/aromatic N) is 2. The predicted octanol–water partition coefficient (Wildman–Crippen LogP) is 3.04. The molecule has 84 valence electrons. The molecule has 0 radical (unpaired) electrons. The molecule has 6 heteroatoms. The molecule has 2 rings (SSSR count). The Morgan fingerprint density at radius 1 is 1.56 bits per heavy atom. The van der Waals surface area contributed by atoms with Crippen LogP contribution in [0, 0.1) is 0 Å². The van der Waals surface area contributed by atoms with Crippen molar-refractivity contribution in [3.05, 3.63) is 25.7 Å². The first-order chi connectivity index (χ1) is 7.61. The minimum atomic E-state index is 0.00937. The van der Waals surface area contributed by atoms with E-state index in [9.17, 15) is 4.79 Å². The molecule has 0 unspecified atom stereocenters. The van der Waals surface area contributed by atoms with Crippen LogP contribution < -0.4 is 0 Å². The maximum absolute atomic E-state index is 11.8. The van der Waals surface area contributed by atoms with Crippen LogP contribution in [0.1, 0.15) is 4.88 Å². The minimum Gasteiger partial charge on any atom is -0.290 e. The lowest BCUT2D eigenvalue weighted by atomic mass is 10.4. The van der Waals surface area contributed by atoms with Crippen molar-refractivity contribution >= 4 is 56.2 Å². The number of halogens is 1. The molecule has 0 N–H and O–H groups in total. The van der Waals surface area contributed by atoms with Crippen LogP contribution in [-0.4, -0.2) is 30.1 Å². The number of hydrogen-bond donors (Lipinski definition) is 0.